The Morgan fingerprint density at radius 1 is 1.52 bits per heavy atom. The van der Waals surface area contributed by atoms with Gasteiger partial charge in [0.15, 0.2) is 0 Å². The van der Waals surface area contributed by atoms with Gasteiger partial charge in [-0.2, -0.15) is 0 Å². The largest absolute Gasteiger partial charge is 0.598 e. The molecule has 3 nitrogen and oxygen atoms in total. The number of fused-ring (bicyclic) bond motifs is 1. The summed E-state index contributed by atoms with van der Waals surface area (Å²) in [6.45, 7) is 7.66. The molecule has 0 bridgehead atoms. The molecule has 1 aliphatic rings. The van der Waals surface area contributed by atoms with E-state index in [-0.39, 0.29) is 28.6 Å². The first-order chi connectivity index (χ1) is 9.72. The molecular formula is C15H21ClFNO2S. The highest BCUT2D eigenvalue weighted by atomic mass is 35.5. The molecule has 0 amide bonds. The quantitative estimate of drug-likeness (QED) is 0.679. The summed E-state index contributed by atoms with van der Waals surface area (Å²) in [5, 5.41) is 0. The fraction of sp³-hybridized carbons (Fsp3) is 0.600. The van der Waals surface area contributed by atoms with Gasteiger partial charge < -0.3 is 9.29 Å². The van der Waals surface area contributed by atoms with E-state index in [9.17, 15) is 8.94 Å². The molecule has 0 radical (unpaired) electrons. The van der Waals surface area contributed by atoms with Crippen molar-refractivity contribution >= 4 is 23.0 Å². The molecule has 3 atom stereocenters. The standard InChI is InChI=1S/C15H21ClFNO2S/c1-9(18-21(19)15(2,3)4)13-7-10-5-12(17)6-11(8-16)14(10)20-13/h5-6,9,13,18H,7-8H2,1-4H3/t9-,13?,21-/m1/s1. The van der Waals surface area contributed by atoms with Crippen LogP contribution in [-0.2, 0) is 23.7 Å². The third kappa shape index (κ3) is 3.83. The molecule has 1 unspecified atom stereocenters. The third-order valence-electron chi connectivity index (χ3n) is 3.45. The zero-order chi connectivity index (χ0) is 15.8. The highest BCUT2D eigenvalue weighted by Gasteiger charge is 2.35. The molecule has 1 aromatic carbocycles. The van der Waals surface area contributed by atoms with Crippen LogP contribution in [0.1, 0.15) is 38.8 Å². The normalized spacial score (nSPS) is 20.8. The van der Waals surface area contributed by atoms with Crippen molar-refractivity contribution < 1.29 is 13.7 Å². The summed E-state index contributed by atoms with van der Waals surface area (Å²) in [6, 6.07) is 2.78. The van der Waals surface area contributed by atoms with E-state index < -0.39 is 11.4 Å². The Balaban J connectivity index is 2.09. The van der Waals surface area contributed by atoms with Crippen molar-refractivity contribution in [1.82, 2.24) is 4.72 Å². The zero-order valence-corrected chi connectivity index (χ0v) is 14.3. The fourth-order valence-electron chi connectivity index (χ4n) is 2.22. The number of nitrogens with one attached hydrogen (secondary N) is 1. The Bertz CT molecular complexity index is 521. The van der Waals surface area contributed by atoms with E-state index in [1.165, 1.54) is 12.1 Å². The van der Waals surface area contributed by atoms with E-state index in [4.69, 9.17) is 16.3 Å². The molecule has 118 valence electrons. The molecule has 0 aromatic heterocycles. The van der Waals surface area contributed by atoms with E-state index in [0.717, 1.165) is 5.56 Å². The Kier molecular flexibility index (Phi) is 5.08. The molecule has 0 fully saturated rings. The van der Waals surface area contributed by atoms with Gasteiger partial charge >= 0.3 is 0 Å². The number of benzene rings is 1. The first-order valence-electron chi connectivity index (χ1n) is 6.94. The lowest BCUT2D eigenvalue weighted by atomic mass is 10.0. The van der Waals surface area contributed by atoms with Gasteiger partial charge in [0, 0.05) is 28.9 Å². The average molecular weight is 334 g/mol. The molecule has 2 rings (SSSR count). The SMILES string of the molecule is C[C@@H](N[S@+]([O-])C(C)(C)C)C1Cc2cc(F)cc(CCl)c2O1. The molecule has 6 heteroatoms. The number of hydrogen-bond acceptors (Lipinski definition) is 3. The zero-order valence-electron chi connectivity index (χ0n) is 12.7. The molecule has 0 saturated carbocycles. The van der Waals surface area contributed by atoms with Crippen LogP contribution in [-0.4, -0.2) is 21.4 Å². The van der Waals surface area contributed by atoms with Crippen LogP contribution in [0.25, 0.3) is 0 Å². The molecule has 21 heavy (non-hydrogen) atoms. The number of alkyl halides is 1. The Morgan fingerprint density at radius 2 is 2.19 bits per heavy atom. The van der Waals surface area contributed by atoms with Crippen LogP contribution in [0.2, 0.25) is 0 Å². The summed E-state index contributed by atoms with van der Waals surface area (Å²) in [4.78, 5) is 0. The van der Waals surface area contributed by atoms with Gasteiger partial charge in [-0.15, -0.1) is 16.3 Å². The Morgan fingerprint density at radius 3 is 2.76 bits per heavy atom. The van der Waals surface area contributed by atoms with Crippen molar-refractivity contribution in [3.05, 3.63) is 29.1 Å². The minimum Gasteiger partial charge on any atom is -0.598 e. The fourth-order valence-corrected chi connectivity index (χ4v) is 3.27. The maximum atomic E-state index is 13.5. The smallest absolute Gasteiger partial charge is 0.136 e. The summed E-state index contributed by atoms with van der Waals surface area (Å²) in [5.41, 5.74) is 1.49. The molecule has 1 aliphatic heterocycles. The van der Waals surface area contributed by atoms with Crippen LogP contribution in [0.5, 0.6) is 5.75 Å². The van der Waals surface area contributed by atoms with Gasteiger partial charge in [-0.05, 0) is 39.8 Å². The molecule has 1 heterocycles. The van der Waals surface area contributed by atoms with E-state index in [1.54, 1.807) is 0 Å². The second-order valence-electron chi connectivity index (χ2n) is 6.33. The van der Waals surface area contributed by atoms with Crippen LogP contribution >= 0.6 is 11.6 Å². The van der Waals surface area contributed by atoms with Gasteiger partial charge in [-0.3, -0.25) is 0 Å². The Hall–Kier alpha value is -0.490. The Labute approximate surface area is 133 Å². The first kappa shape index (κ1) is 16.9. The summed E-state index contributed by atoms with van der Waals surface area (Å²) in [6.07, 6.45) is 0.419. The van der Waals surface area contributed by atoms with Crippen molar-refractivity contribution in [3.8, 4) is 5.75 Å². The van der Waals surface area contributed by atoms with Gasteiger partial charge in [0.25, 0.3) is 0 Å². The number of hydrogen-bond donors (Lipinski definition) is 1. The number of ether oxygens (including phenoxy) is 1. The molecule has 0 spiro atoms. The van der Waals surface area contributed by atoms with Crippen LogP contribution in [0.4, 0.5) is 4.39 Å². The summed E-state index contributed by atoms with van der Waals surface area (Å²) < 4.78 is 34.3. The van der Waals surface area contributed by atoms with Crippen LogP contribution in [0, 0.1) is 5.82 Å². The molecule has 0 saturated heterocycles. The van der Waals surface area contributed by atoms with Crippen LogP contribution < -0.4 is 9.46 Å². The monoisotopic (exact) mass is 333 g/mol. The van der Waals surface area contributed by atoms with Gasteiger partial charge in [0.05, 0.1) is 11.9 Å². The van der Waals surface area contributed by atoms with E-state index in [0.29, 0.717) is 17.7 Å². The molecule has 1 N–H and O–H groups in total. The van der Waals surface area contributed by atoms with Gasteiger partial charge in [0.1, 0.15) is 22.4 Å². The lowest BCUT2D eigenvalue weighted by molar-refractivity contribution is 0.196. The maximum absolute atomic E-state index is 13.5. The minimum atomic E-state index is -1.17. The van der Waals surface area contributed by atoms with Crippen molar-refractivity contribution in [2.45, 2.75) is 56.9 Å². The van der Waals surface area contributed by atoms with Gasteiger partial charge in [-0.25, -0.2) is 4.39 Å². The number of rotatable bonds is 4. The van der Waals surface area contributed by atoms with E-state index in [2.05, 4.69) is 4.72 Å². The third-order valence-corrected chi connectivity index (χ3v) is 5.43. The molecule has 0 aliphatic carbocycles. The summed E-state index contributed by atoms with van der Waals surface area (Å²) >= 11 is 4.67. The summed E-state index contributed by atoms with van der Waals surface area (Å²) in [7, 11) is 0. The van der Waals surface area contributed by atoms with Crippen molar-refractivity contribution in [2.75, 3.05) is 0 Å². The van der Waals surface area contributed by atoms with E-state index >= 15 is 0 Å². The lowest BCUT2D eigenvalue weighted by Gasteiger charge is -2.28. The average Bonchev–Trinajstić information content (AvgIpc) is 2.80. The number of halogens is 2. The van der Waals surface area contributed by atoms with Crippen LogP contribution in [0.3, 0.4) is 0 Å². The molecule has 1 aromatic rings. The second-order valence-corrected chi connectivity index (χ2v) is 8.60. The maximum Gasteiger partial charge on any atom is 0.136 e. The lowest BCUT2D eigenvalue weighted by Crippen LogP contribution is -2.49. The predicted molar refractivity (Wildman–Crippen MR) is 84.6 cm³/mol. The van der Waals surface area contributed by atoms with Crippen molar-refractivity contribution in [3.63, 3.8) is 0 Å². The summed E-state index contributed by atoms with van der Waals surface area (Å²) in [5.74, 6) is 0.585. The van der Waals surface area contributed by atoms with Gasteiger partial charge in [0.2, 0.25) is 0 Å². The first-order valence-corrected chi connectivity index (χ1v) is 8.62. The van der Waals surface area contributed by atoms with Crippen molar-refractivity contribution in [1.29, 1.82) is 0 Å². The topological polar surface area (TPSA) is 44.3 Å². The van der Waals surface area contributed by atoms with E-state index in [1.807, 2.05) is 27.7 Å². The minimum absolute atomic E-state index is 0.108. The second kappa shape index (κ2) is 6.32. The predicted octanol–water partition coefficient (Wildman–Crippen LogP) is 3.31. The molecular weight excluding hydrogens is 313 g/mol. The van der Waals surface area contributed by atoms with Crippen LogP contribution in [0.15, 0.2) is 12.1 Å². The highest BCUT2D eigenvalue weighted by molar-refractivity contribution is 7.90. The van der Waals surface area contributed by atoms with Gasteiger partial charge in [-0.1, -0.05) is 0 Å². The highest BCUT2D eigenvalue weighted by Crippen LogP contribution is 2.35. The van der Waals surface area contributed by atoms with Crippen molar-refractivity contribution in [2.24, 2.45) is 0 Å².